The van der Waals surface area contributed by atoms with E-state index in [0.717, 1.165) is 25.0 Å². The Bertz CT molecular complexity index is 391. The number of hydrogen-bond acceptors (Lipinski definition) is 5. The number of carboxylic acid groups (broad SMARTS) is 1. The van der Waals surface area contributed by atoms with E-state index < -0.39 is 30.4 Å². The van der Waals surface area contributed by atoms with Gasteiger partial charge in [-0.3, -0.25) is 4.79 Å². The third kappa shape index (κ3) is 6.24. The predicted octanol–water partition coefficient (Wildman–Crippen LogP) is 0.976. The van der Waals surface area contributed by atoms with E-state index in [2.05, 4.69) is 22.3 Å². The lowest BCUT2D eigenvalue weighted by Crippen LogP contribution is -2.49. The van der Waals surface area contributed by atoms with Crippen molar-refractivity contribution in [2.24, 2.45) is 0 Å². The standard InChI is InChI=1S/C13H22N2O5S/c1-3-21-9-5-4-8(6-9)14-13(19)15-10(12(17)18)7-11(16)20-2/h8-10H,3-7H2,1-2H3,(H,17,18)(H2,14,15,19)/t8?,9?,10-/m0/s1. The van der Waals surface area contributed by atoms with Gasteiger partial charge in [0.25, 0.3) is 0 Å². The molecule has 3 atom stereocenters. The average molecular weight is 318 g/mol. The van der Waals surface area contributed by atoms with Crippen LogP contribution < -0.4 is 10.6 Å². The van der Waals surface area contributed by atoms with Crippen molar-refractivity contribution in [1.82, 2.24) is 10.6 Å². The second-order valence-electron chi connectivity index (χ2n) is 4.88. The van der Waals surface area contributed by atoms with E-state index in [1.54, 1.807) is 0 Å². The van der Waals surface area contributed by atoms with Gasteiger partial charge in [0.2, 0.25) is 0 Å². The highest BCUT2D eigenvalue weighted by atomic mass is 32.2. The van der Waals surface area contributed by atoms with E-state index in [1.807, 2.05) is 11.8 Å². The van der Waals surface area contributed by atoms with Gasteiger partial charge < -0.3 is 20.5 Å². The number of amides is 2. The lowest BCUT2D eigenvalue weighted by Gasteiger charge is -2.17. The first-order valence-electron chi connectivity index (χ1n) is 6.94. The number of urea groups is 1. The Morgan fingerprint density at radius 1 is 1.38 bits per heavy atom. The van der Waals surface area contributed by atoms with Crippen LogP contribution in [0.4, 0.5) is 4.79 Å². The van der Waals surface area contributed by atoms with Gasteiger partial charge in [0.05, 0.1) is 13.5 Å². The summed E-state index contributed by atoms with van der Waals surface area (Å²) in [4.78, 5) is 33.9. The molecule has 120 valence electrons. The van der Waals surface area contributed by atoms with Crippen LogP contribution in [0, 0.1) is 0 Å². The second kappa shape index (κ2) is 8.76. The van der Waals surface area contributed by atoms with E-state index in [1.165, 1.54) is 7.11 Å². The van der Waals surface area contributed by atoms with Gasteiger partial charge in [-0.25, -0.2) is 9.59 Å². The van der Waals surface area contributed by atoms with Crippen LogP contribution in [0.2, 0.25) is 0 Å². The Kier molecular flexibility index (Phi) is 7.35. The van der Waals surface area contributed by atoms with Crippen molar-refractivity contribution in [3.63, 3.8) is 0 Å². The van der Waals surface area contributed by atoms with Crippen molar-refractivity contribution < 1.29 is 24.2 Å². The minimum Gasteiger partial charge on any atom is -0.480 e. The molecule has 8 heteroatoms. The number of ether oxygens (including phenoxy) is 1. The zero-order valence-corrected chi connectivity index (χ0v) is 13.1. The molecule has 0 aromatic rings. The predicted molar refractivity (Wildman–Crippen MR) is 79.3 cm³/mol. The summed E-state index contributed by atoms with van der Waals surface area (Å²) in [7, 11) is 1.17. The fourth-order valence-electron chi connectivity index (χ4n) is 2.29. The monoisotopic (exact) mass is 318 g/mol. The molecule has 1 fully saturated rings. The van der Waals surface area contributed by atoms with Gasteiger partial charge in [-0.1, -0.05) is 6.92 Å². The third-order valence-corrected chi connectivity index (χ3v) is 4.56. The molecule has 0 saturated heterocycles. The van der Waals surface area contributed by atoms with Crippen molar-refractivity contribution in [2.45, 2.75) is 49.9 Å². The second-order valence-corrected chi connectivity index (χ2v) is 6.45. The van der Waals surface area contributed by atoms with Crippen molar-refractivity contribution in [1.29, 1.82) is 0 Å². The van der Waals surface area contributed by atoms with E-state index >= 15 is 0 Å². The van der Waals surface area contributed by atoms with Crippen LogP contribution in [-0.2, 0) is 14.3 Å². The topological polar surface area (TPSA) is 105 Å². The summed E-state index contributed by atoms with van der Waals surface area (Å²) in [5.74, 6) is -0.895. The van der Waals surface area contributed by atoms with Crippen LogP contribution in [-0.4, -0.2) is 53.3 Å². The first kappa shape index (κ1) is 17.6. The maximum absolute atomic E-state index is 11.8. The Morgan fingerprint density at radius 3 is 2.67 bits per heavy atom. The molecule has 1 aliphatic rings. The van der Waals surface area contributed by atoms with Crippen molar-refractivity contribution in [3.05, 3.63) is 0 Å². The molecule has 1 aliphatic carbocycles. The molecule has 0 aromatic carbocycles. The van der Waals surface area contributed by atoms with Gasteiger partial charge in [-0.15, -0.1) is 0 Å². The smallest absolute Gasteiger partial charge is 0.326 e. The Labute approximate surface area is 128 Å². The SMILES string of the molecule is CCSC1CCC(NC(=O)N[C@@H](CC(=O)OC)C(=O)O)C1. The van der Waals surface area contributed by atoms with Crippen LogP contribution in [0.5, 0.6) is 0 Å². The normalized spacial score (nSPS) is 22.4. The molecular weight excluding hydrogens is 296 g/mol. The lowest BCUT2D eigenvalue weighted by atomic mass is 10.2. The largest absolute Gasteiger partial charge is 0.480 e. The Hall–Kier alpha value is -1.44. The molecule has 0 radical (unpaired) electrons. The summed E-state index contributed by atoms with van der Waals surface area (Å²) in [6.45, 7) is 2.10. The van der Waals surface area contributed by atoms with E-state index in [-0.39, 0.29) is 6.04 Å². The third-order valence-electron chi connectivity index (χ3n) is 3.32. The van der Waals surface area contributed by atoms with Gasteiger partial charge in [-0.05, 0) is 25.0 Å². The number of aliphatic carboxylic acids is 1. The first-order chi connectivity index (χ1) is 9.96. The van der Waals surface area contributed by atoms with Gasteiger partial charge in [0.1, 0.15) is 6.04 Å². The van der Waals surface area contributed by atoms with E-state index in [0.29, 0.717) is 5.25 Å². The summed E-state index contributed by atoms with van der Waals surface area (Å²) in [5.41, 5.74) is 0. The molecule has 1 saturated carbocycles. The van der Waals surface area contributed by atoms with Crippen molar-refractivity contribution >= 4 is 29.7 Å². The summed E-state index contributed by atoms with van der Waals surface area (Å²) >= 11 is 1.87. The van der Waals surface area contributed by atoms with Crippen LogP contribution in [0.25, 0.3) is 0 Å². The molecule has 0 spiro atoms. The maximum Gasteiger partial charge on any atom is 0.326 e. The van der Waals surface area contributed by atoms with Gasteiger partial charge >= 0.3 is 18.0 Å². The van der Waals surface area contributed by atoms with Crippen LogP contribution in [0.3, 0.4) is 0 Å². The minimum atomic E-state index is -1.28. The van der Waals surface area contributed by atoms with Crippen LogP contribution in [0.15, 0.2) is 0 Å². The van der Waals surface area contributed by atoms with Crippen molar-refractivity contribution in [3.8, 4) is 0 Å². The number of carbonyl (C=O) groups excluding carboxylic acids is 2. The number of hydrogen-bond donors (Lipinski definition) is 3. The Morgan fingerprint density at radius 2 is 2.10 bits per heavy atom. The molecule has 2 unspecified atom stereocenters. The highest BCUT2D eigenvalue weighted by Crippen LogP contribution is 2.29. The van der Waals surface area contributed by atoms with Crippen molar-refractivity contribution in [2.75, 3.05) is 12.9 Å². The minimum absolute atomic E-state index is 0.0571. The number of carbonyl (C=O) groups is 3. The molecule has 7 nitrogen and oxygen atoms in total. The number of methoxy groups -OCH3 is 1. The molecule has 0 aromatic heterocycles. The molecule has 0 heterocycles. The first-order valence-corrected chi connectivity index (χ1v) is 7.99. The van der Waals surface area contributed by atoms with Crippen LogP contribution in [0.1, 0.15) is 32.6 Å². The Balaban J connectivity index is 2.40. The highest BCUT2D eigenvalue weighted by Gasteiger charge is 2.28. The van der Waals surface area contributed by atoms with Gasteiger partial charge in [-0.2, -0.15) is 11.8 Å². The fourth-order valence-corrected chi connectivity index (χ4v) is 3.44. The van der Waals surface area contributed by atoms with E-state index in [4.69, 9.17) is 5.11 Å². The lowest BCUT2D eigenvalue weighted by molar-refractivity contribution is -0.147. The molecule has 21 heavy (non-hydrogen) atoms. The molecule has 0 bridgehead atoms. The molecule has 0 aliphatic heterocycles. The zero-order chi connectivity index (χ0) is 15.8. The van der Waals surface area contributed by atoms with Gasteiger partial charge in [0, 0.05) is 11.3 Å². The number of rotatable bonds is 7. The maximum atomic E-state index is 11.8. The van der Waals surface area contributed by atoms with Crippen LogP contribution >= 0.6 is 11.8 Å². The quantitative estimate of drug-likeness (QED) is 0.604. The molecule has 3 N–H and O–H groups in total. The van der Waals surface area contributed by atoms with E-state index in [9.17, 15) is 14.4 Å². The summed E-state index contributed by atoms with van der Waals surface area (Å²) in [6, 6.07) is -1.78. The fraction of sp³-hybridized carbons (Fsp3) is 0.769. The number of thioether (sulfide) groups is 1. The summed E-state index contributed by atoms with van der Waals surface area (Å²) < 4.78 is 4.41. The number of nitrogens with one attached hydrogen (secondary N) is 2. The zero-order valence-electron chi connectivity index (χ0n) is 12.3. The highest BCUT2D eigenvalue weighted by molar-refractivity contribution is 7.99. The molecular formula is C13H22N2O5S. The van der Waals surface area contributed by atoms with Gasteiger partial charge in [0.15, 0.2) is 0 Å². The number of carboxylic acids is 1. The number of esters is 1. The summed E-state index contributed by atoms with van der Waals surface area (Å²) in [6.07, 6.45) is 2.44. The molecule has 1 rings (SSSR count). The summed E-state index contributed by atoms with van der Waals surface area (Å²) in [5, 5.41) is 14.6. The average Bonchev–Trinajstić information content (AvgIpc) is 2.85. The molecule has 2 amide bonds.